The lowest BCUT2D eigenvalue weighted by Gasteiger charge is -2.37. The van der Waals surface area contributed by atoms with Gasteiger partial charge in [-0.25, -0.2) is 18.8 Å². The van der Waals surface area contributed by atoms with Crippen molar-refractivity contribution in [2.75, 3.05) is 39.3 Å². The van der Waals surface area contributed by atoms with Gasteiger partial charge in [0, 0.05) is 50.3 Å². The quantitative estimate of drug-likeness (QED) is 0.0236. The van der Waals surface area contributed by atoms with Gasteiger partial charge in [-0.15, -0.1) is 0 Å². The molecular weight excluding hydrogens is 950 g/mol. The van der Waals surface area contributed by atoms with E-state index in [0.717, 1.165) is 16.7 Å². The number of fused-ring (bicyclic) bond motifs is 1. The Hall–Kier alpha value is -5.51. The van der Waals surface area contributed by atoms with Crippen LogP contribution in [0.1, 0.15) is 68.3 Å². The van der Waals surface area contributed by atoms with Gasteiger partial charge in [0.2, 0.25) is 12.1 Å². The van der Waals surface area contributed by atoms with Crippen LogP contribution in [0.4, 0.5) is 5.95 Å². The van der Waals surface area contributed by atoms with E-state index in [1.165, 1.54) is 24.0 Å². The molecule has 19 nitrogen and oxygen atoms in total. The number of methoxy groups -OCH3 is 2. The van der Waals surface area contributed by atoms with Crippen molar-refractivity contribution >= 4 is 53.7 Å². The zero-order valence-corrected chi connectivity index (χ0v) is 41.3. The molecule has 366 valence electrons. The number of carbonyl (C=O) groups is 1. The van der Waals surface area contributed by atoms with Gasteiger partial charge in [0.15, 0.2) is 11.2 Å². The lowest BCUT2D eigenvalue weighted by atomic mass is 9.80. The standard InChI is InChI=1S/C47H54N7O12PS2/c1-27(2)22-48-45-50-42-41(44(57)51-45)49-26-54(42)40-21-36(66-67(68,69)62-25-38-35(63-29(4)55)20-39(65-38)53-23-28(3)43(56)52-46(53)58)37(64-40)24-61-47(30-10-8-7-9-11-30,31-12-16-33(59-5)17-13-31)32-14-18-34(60-6)19-15-32/h7-19,23,26-27,35-40H,20-22,24-25H2,1-6H3,(H,68,69)(H,52,56,58)(H2,48,50,51,57)/t35-,36-,37+,38+,39+,40+/m0/s1. The van der Waals surface area contributed by atoms with E-state index in [4.69, 9.17) is 66.9 Å². The molecule has 0 spiro atoms. The Labute approximate surface area is 408 Å². The van der Waals surface area contributed by atoms with E-state index in [9.17, 15) is 19.2 Å². The van der Waals surface area contributed by atoms with Crippen LogP contribution in [0.15, 0.2) is 106 Å². The summed E-state index contributed by atoms with van der Waals surface area (Å²) in [7, 11) is 3.21. The van der Waals surface area contributed by atoms with E-state index in [-0.39, 0.29) is 49.1 Å². The van der Waals surface area contributed by atoms with Gasteiger partial charge < -0.3 is 46.0 Å². The summed E-state index contributed by atoms with van der Waals surface area (Å²) in [4.78, 5) is 64.6. The second-order valence-electron chi connectivity index (χ2n) is 17.1. The van der Waals surface area contributed by atoms with Crippen LogP contribution in [0.25, 0.3) is 11.2 Å². The van der Waals surface area contributed by atoms with Crippen molar-refractivity contribution in [3.63, 3.8) is 0 Å². The average Bonchev–Trinajstić information content (AvgIpc) is 4.06. The number of imidazole rings is 1. The van der Waals surface area contributed by atoms with Crippen LogP contribution in [-0.2, 0) is 50.6 Å². The van der Waals surface area contributed by atoms with Crippen LogP contribution in [0, 0.1) is 12.8 Å². The third-order valence-electron chi connectivity index (χ3n) is 11.9. The average molecular weight is 1000 g/mol. The molecule has 0 amide bonds. The molecule has 5 heterocycles. The number of nitrogens with one attached hydrogen (secondary N) is 3. The Morgan fingerprint density at radius 1 is 0.870 bits per heavy atom. The number of thiol groups is 1. The van der Waals surface area contributed by atoms with Crippen molar-refractivity contribution in [2.24, 2.45) is 5.92 Å². The SMILES string of the molecule is COc1ccc(C(OC[C@H]2O[C@@H](n3cnc4c(=O)[nH]c(NCC(C)C)nc43)C[C@@H]2O[P+]([S-])(S)OC[C@H]2O[C@@H](n3cc(C)c(=O)[nH]c3=O)C[C@@H]2OC(C)=O)(c2ccccc2)c2ccc(OC)cc2)cc1. The first-order valence-corrected chi connectivity index (χ1v) is 26.0. The lowest BCUT2D eigenvalue weighted by molar-refractivity contribution is -0.150. The molecule has 0 bridgehead atoms. The third-order valence-corrected chi connectivity index (χ3v) is 14.1. The van der Waals surface area contributed by atoms with E-state index >= 15 is 0 Å². The molecule has 0 saturated carbocycles. The molecule has 1 unspecified atom stereocenters. The lowest BCUT2D eigenvalue weighted by Crippen LogP contribution is -2.38. The monoisotopic (exact) mass is 1000 g/mol. The van der Waals surface area contributed by atoms with Crippen LogP contribution in [0.5, 0.6) is 11.5 Å². The fourth-order valence-electron chi connectivity index (χ4n) is 8.46. The third kappa shape index (κ3) is 11.1. The van der Waals surface area contributed by atoms with Crippen LogP contribution >= 0.6 is 18.4 Å². The first kappa shape index (κ1) is 49.9. The van der Waals surface area contributed by atoms with E-state index in [1.807, 2.05) is 92.7 Å². The molecule has 0 aliphatic carbocycles. The summed E-state index contributed by atoms with van der Waals surface area (Å²) >= 11 is 10.8. The number of aromatic nitrogens is 6. The highest BCUT2D eigenvalue weighted by atomic mass is 33.1. The molecule has 2 saturated heterocycles. The molecule has 69 heavy (non-hydrogen) atoms. The van der Waals surface area contributed by atoms with Gasteiger partial charge >= 0.3 is 11.7 Å². The number of hydrogen-bond acceptors (Lipinski definition) is 17. The van der Waals surface area contributed by atoms with Crippen molar-refractivity contribution in [1.29, 1.82) is 0 Å². The number of anilines is 1. The fraction of sp³-hybridized carbons (Fsp3) is 0.404. The Balaban J connectivity index is 1.13. The number of nitrogens with zero attached hydrogens (tertiary/aromatic N) is 4. The smallest absolute Gasteiger partial charge is 0.330 e. The van der Waals surface area contributed by atoms with Crippen molar-refractivity contribution in [3.8, 4) is 11.5 Å². The molecule has 6 aromatic rings. The topological polar surface area (TPSA) is 221 Å². The number of H-pyrrole nitrogens is 2. The van der Waals surface area contributed by atoms with Crippen LogP contribution < -0.4 is 31.6 Å². The molecular formula is C47H54N7O12PS2. The van der Waals surface area contributed by atoms with Gasteiger partial charge in [-0.05, 0) is 53.8 Å². The van der Waals surface area contributed by atoms with Gasteiger partial charge in [-0.2, -0.15) is 4.98 Å². The molecule has 2 aliphatic rings. The van der Waals surface area contributed by atoms with Gasteiger partial charge in [0.1, 0.15) is 60.6 Å². The summed E-state index contributed by atoms with van der Waals surface area (Å²) in [6, 6.07) is 25.0. The molecule has 2 fully saturated rings. The van der Waals surface area contributed by atoms with Gasteiger partial charge in [-0.3, -0.25) is 33.5 Å². The Morgan fingerprint density at radius 2 is 1.46 bits per heavy atom. The maximum atomic E-state index is 13.3. The van der Waals surface area contributed by atoms with Crippen LogP contribution in [-0.4, -0.2) is 93.4 Å². The van der Waals surface area contributed by atoms with Crippen molar-refractivity contribution in [2.45, 2.75) is 83.0 Å². The molecule has 3 aromatic heterocycles. The van der Waals surface area contributed by atoms with E-state index in [0.29, 0.717) is 23.6 Å². The predicted octanol–water partition coefficient (Wildman–Crippen LogP) is 6.13. The first-order valence-electron chi connectivity index (χ1n) is 22.2. The van der Waals surface area contributed by atoms with Crippen LogP contribution in [0.3, 0.4) is 0 Å². The second-order valence-corrected chi connectivity index (χ2v) is 22.3. The number of benzene rings is 3. The van der Waals surface area contributed by atoms with Crippen molar-refractivity contribution in [1.82, 2.24) is 29.1 Å². The minimum absolute atomic E-state index is 0.0751. The highest BCUT2D eigenvalue weighted by Gasteiger charge is 2.48. The number of aromatic amines is 2. The minimum Gasteiger partial charge on any atom is -0.497 e. The van der Waals surface area contributed by atoms with Crippen molar-refractivity contribution in [3.05, 3.63) is 145 Å². The summed E-state index contributed by atoms with van der Waals surface area (Å²) in [5, 5.41) is 3.19. The molecule has 22 heteroatoms. The van der Waals surface area contributed by atoms with Crippen molar-refractivity contribution < 1.29 is 42.3 Å². The summed E-state index contributed by atoms with van der Waals surface area (Å²) in [5.74, 6) is 1.30. The Bertz CT molecular complexity index is 2870. The van der Waals surface area contributed by atoms with Gasteiger partial charge in [-0.1, -0.05) is 68.4 Å². The summed E-state index contributed by atoms with van der Waals surface area (Å²) < 4.78 is 52.9. The normalized spacial score (nSPS) is 21.3. The highest BCUT2D eigenvalue weighted by molar-refractivity contribution is 8.76. The minimum atomic E-state index is -3.53. The van der Waals surface area contributed by atoms with E-state index < -0.39 is 71.4 Å². The van der Waals surface area contributed by atoms with Crippen LogP contribution in [0.2, 0.25) is 0 Å². The second kappa shape index (κ2) is 21.2. The number of hydrogen-bond donors (Lipinski definition) is 4. The van der Waals surface area contributed by atoms with Gasteiger partial charge in [0.25, 0.3) is 11.1 Å². The first-order chi connectivity index (χ1) is 33.1. The molecule has 7 atom stereocenters. The fourth-order valence-corrected chi connectivity index (χ4v) is 10.5. The molecule has 8 rings (SSSR count). The summed E-state index contributed by atoms with van der Waals surface area (Å²) in [6.45, 7) is 7.16. The largest absolute Gasteiger partial charge is 0.497 e. The molecule has 2 aliphatic heterocycles. The number of ether oxygens (including phenoxy) is 6. The Morgan fingerprint density at radius 3 is 2.07 bits per heavy atom. The number of rotatable bonds is 19. The van der Waals surface area contributed by atoms with E-state index in [1.54, 1.807) is 25.7 Å². The molecule has 3 aromatic carbocycles. The summed E-state index contributed by atoms with van der Waals surface area (Å²) in [6.07, 6.45) is -5.50. The van der Waals surface area contributed by atoms with E-state index in [2.05, 4.69) is 20.3 Å². The maximum Gasteiger partial charge on any atom is 0.330 e. The number of carbonyl (C=O) groups excluding carboxylic acids is 1. The zero-order chi connectivity index (χ0) is 49.0. The maximum absolute atomic E-state index is 13.3. The Kier molecular flexibility index (Phi) is 15.4. The molecule has 3 N–H and O–H groups in total. The highest BCUT2D eigenvalue weighted by Crippen LogP contribution is 2.66. The van der Waals surface area contributed by atoms with Gasteiger partial charge in [0.05, 0.1) is 27.2 Å². The predicted molar refractivity (Wildman–Crippen MR) is 263 cm³/mol. The summed E-state index contributed by atoms with van der Waals surface area (Å²) in [5.41, 5.74) is 0.220. The number of esters is 1. The number of aryl methyl sites for hydroxylation is 1. The molecule has 0 radical (unpaired) electrons. The zero-order valence-electron chi connectivity index (χ0n) is 38.7.